The second-order valence-electron chi connectivity index (χ2n) is 2.29. The number of aromatic hydroxyl groups is 1. The monoisotopic (exact) mass is 138 g/mol. The van der Waals surface area contributed by atoms with E-state index in [1.165, 1.54) is 0 Å². The molecule has 0 aromatic heterocycles. The topological polar surface area (TPSA) is 72.3 Å². The van der Waals surface area contributed by atoms with Crippen molar-refractivity contribution in [1.29, 1.82) is 0 Å². The minimum Gasteiger partial charge on any atom is -0.504 e. The quantitative estimate of drug-likeness (QED) is 0.368. The molecule has 5 N–H and O–H groups in total. The van der Waals surface area contributed by atoms with Crippen LogP contribution in [0, 0.1) is 6.92 Å². The van der Waals surface area contributed by atoms with Crippen LogP contribution in [-0.4, -0.2) is 5.11 Å². The number of nitrogens with two attached hydrogens (primary N) is 2. The van der Waals surface area contributed by atoms with Crippen molar-refractivity contribution in [3.05, 3.63) is 17.7 Å². The van der Waals surface area contributed by atoms with Gasteiger partial charge in [0.25, 0.3) is 0 Å². The number of benzene rings is 1. The zero-order chi connectivity index (χ0) is 7.72. The second-order valence-corrected chi connectivity index (χ2v) is 2.29. The maximum atomic E-state index is 9.08. The molecule has 0 aliphatic carbocycles. The highest BCUT2D eigenvalue weighted by molar-refractivity contribution is 5.67. The van der Waals surface area contributed by atoms with Gasteiger partial charge in [-0.1, -0.05) is 0 Å². The van der Waals surface area contributed by atoms with Gasteiger partial charge >= 0.3 is 0 Å². The van der Waals surface area contributed by atoms with E-state index in [4.69, 9.17) is 16.6 Å². The first-order chi connectivity index (χ1) is 4.61. The molecule has 0 saturated heterocycles. The van der Waals surface area contributed by atoms with Crippen LogP contribution in [0.25, 0.3) is 0 Å². The summed E-state index contributed by atoms with van der Waals surface area (Å²) >= 11 is 0. The lowest BCUT2D eigenvalue weighted by atomic mass is 10.2. The molecule has 3 heteroatoms. The third-order valence-electron chi connectivity index (χ3n) is 1.31. The smallest absolute Gasteiger partial charge is 0.161 e. The molecule has 0 saturated carbocycles. The van der Waals surface area contributed by atoms with Gasteiger partial charge in [-0.15, -0.1) is 0 Å². The molecule has 0 heterocycles. The summed E-state index contributed by atoms with van der Waals surface area (Å²) in [4.78, 5) is 0. The summed E-state index contributed by atoms with van der Waals surface area (Å²) in [5, 5.41) is 9.08. The Balaban J connectivity index is 3.31. The number of phenols is 1. The Morgan fingerprint density at radius 3 is 2.00 bits per heavy atom. The van der Waals surface area contributed by atoms with E-state index in [2.05, 4.69) is 0 Å². The van der Waals surface area contributed by atoms with E-state index < -0.39 is 0 Å². The fraction of sp³-hybridized carbons (Fsp3) is 0.143. The largest absolute Gasteiger partial charge is 0.504 e. The van der Waals surface area contributed by atoms with Crippen LogP contribution in [0.15, 0.2) is 12.1 Å². The predicted molar refractivity (Wildman–Crippen MR) is 41.7 cm³/mol. The van der Waals surface area contributed by atoms with E-state index in [0.29, 0.717) is 11.4 Å². The lowest BCUT2D eigenvalue weighted by Gasteiger charge is -2.02. The molecule has 0 radical (unpaired) electrons. The van der Waals surface area contributed by atoms with Gasteiger partial charge in [0.05, 0.1) is 11.4 Å². The first-order valence-electron chi connectivity index (χ1n) is 2.96. The van der Waals surface area contributed by atoms with Gasteiger partial charge in [0.15, 0.2) is 5.75 Å². The lowest BCUT2D eigenvalue weighted by molar-refractivity contribution is 0.480. The Labute approximate surface area is 59.3 Å². The van der Waals surface area contributed by atoms with Gasteiger partial charge in [0, 0.05) is 0 Å². The van der Waals surface area contributed by atoms with Crippen molar-refractivity contribution in [2.45, 2.75) is 6.92 Å². The van der Waals surface area contributed by atoms with Crippen LogP contribution in [0.1, 0.15) is 5.56 Å². The maximum Gasteiger partial charge on any atom is 0.161 e. The van der Waals surface area contributed by atoms with Crippen LogP contribution >= 0.6 is 0 Å². The minimum absolute atomic E-state index is 0.0226. The molecule has 54 valence electrons. The third-order valence-corrected chi connectivity index (χ3v) is 1.31. The van der Waals surface area contributed by atoms with Crippen LogP contribution in [-0.2, 0) is 0 Å². The Morgan fingerprint density at radius 1 is 1.20 bits per heavy atom. The first kappa shape index (κ1) is 6.74. The molecule has 1 aromatic carbocycles. The molecule has 0 amide bonds. The summed E-state index contributed by atoms with van der Waals surface area (Å²) in [6.45, 7) is 1.87. The lowest BCUT2D eigenvalue weighted by Crippen LogP contribution is -1.92. The highest BCUT2D eigenvalue weighted by Gasteiger charge is 2.00. The molecule has 1 rings (SSSR count). The third kappa shape index (κ3) is 0.978. The molecule has 0 aliphatic rings. The van der Waals surface area contributed by atoms with Crippen molar-refractivity contribution in [2.75, 3.05) is 11.5 Å². The zero-order valence-corrected chi connectivity index (χ0v) is 5.76. The van der Waals surface area contributed by atoms with Crippen molar-refractivity contribution >= 4 is 11.4 Å². The van der Waals surface area contributed by atoms with Crippen LogP contribution in [0.5, 0.6) is 5.75 Å². The summed E-state index contributed by atoms with van der Waals surface area (Å²) in [5.41, 5.74) is 12.4. The van der Waals surface area contributed by atoms with Gasteiger partial charge in [-0.25, -0.2) is 0 Å². The van der Waals surface area contributed by atoms with Crippen LogP contribution in [0.4, 0.5) is 11.4 Å². The molecule has 10 heavy (non-hydrogen) atoms. The predicted octanol–water partition coefficient (Wildman–Crippen LogP) is 0.865. The number of aryl methyl sites for hydroxylation is 1. The molecular weight excluding hydrogens is 128 g/mol. The van der Waals surface area contributed by atoms with E-state index in [1.54, 1.807) is 12.1 Å². The molecular formula is C7H10N2O. The first-order valence-corrected chi connectivity index (χ1v) is 2.96. The van der Waals surface area contributed by atoms with Gasteiger partial charge in [0.2, 0.25) is 0 Å². The van der Waals surface area contributed by atoms with E-state index in [-0.39, 0.29) is 5.75 Å². The molecule has 0 fully saturated rings. The SMILES string of the molecule is Cc1cc(N)c(O)c(N)c1. The Hall–Kier alpha value is -1.38. The molecule has 0 spiro atoms. The average Bonchev–Trinajstić information content (AvgIpc) is 1.82. The summed E-state index contributed by atoms with van der Waals surface area (Å²) in [6, 6.07) is 3.34. The Kier molecular flexibility index (Phi) is 1.41. The van der Waals surface area contributed by atoms with E-state index in [0.717, 1.165) is 5.56 Å². The highest BCUT2D eigenvalue weighted by Crippen LogP contribution is 2.27. The Bertz CT molecular complexity index is 235. The molecule has 0 atom stereocenters. The van der Waals surface area contributed by atoms with Gasteiger partial charge in [-0.2, -0.15) is 0 Å². The molecule has 1 aromatic rings. The summed E-state index contributed by atoms with van der Waals surface area (Å²) < 4.78 is 0. The van der Waals surface area contributed by atoms with E-state index in [1.807, 2.05) is 6.92 Å². The number of anilines is 2. The van der Waals surface area contributed by atoms with Crippen LogP contribution < -0.4 is 11.5 Å². The number of hydrogen-bond acceptors (Lipinski definition) is 3. The highest BCUT2D eigenvalue weighted by atomic mass is 16.3. The summed E-state index contributed by atoms with van der Waals surface area (Å²) in [5.74, 6) is -0.0226. The molecule has 0 bridgehead atoms. The van der Waals surface area contributed by atoms with Crippen LogP contribution in [0.2, 0.25) is 0 Å². The normalized spacial score (nSPS) is 9.70. The number of hydrogen-bond donors (Lipinski definition) is 3. The van der Waals surface area contributed by atoms with Crippen molar-refractivity contribution in [2.24, 2.45) is 0 Å². The van der Waals surface area contributed by atoms with Gasteiger partial charge in [0.1, 0.15) is 0 Å². The fourth-order valence-corrected chi connectivity index (χ4v) is 0.836. The molecule has 0 aliphatic heterocycles. The Morgan fingerprint density at radius 2 is 1.60 bits per heavy atom. The van der Waals surface area contributed by atoms with Crippen molar-refractivity contribution in [3.63, 3.8) is 0 Å². The molecule has 0 unspecified atom stereocenters. The number of phenolic OH excluding ortho intramolecular Hbond substituents is 1. The van der Waals surface area contributed by atoms with Gasteiger partial charge in [-0.05, 0) is 24.6 Å². The number of nitrogen functional groups attached to an aromatic ring is 2. The summed E-state index contributed by atoms with van der Waals surface area (Å²) in [6.07, 6.45) is 0. The molecule has 3 nitrogen and oxygen atoms in total. The van der Waals surface area contributed by atoms with E-state index in [9.17, 15) is 0 Å². The van der Waals surface area contributed by atoms with Crippen molar-refractivity contribution in [3.8, 4) is 5.75 Å². The van der Waals surface area contributed by atoms with Crippen molar-refractivity contribution < 1.29 is 5.11 Å². The van der Waals surface area contributed by atoms with Crippen molar-refractivity contribution in [1.82, 2.24) is 0 Å². The van der Waals surface area contributed by atoms with Gasteiger partial charge < -0.3 is 16.6 Å². The standard InChI is InChI=1S/C7H10N2O/c1-4-2-5(8)7(10)6(9)3-4/h2-3,10H,8-9H2,1H3. The van der Waals surface area contributed by atoms with Gasteiger partial charge in [-0.3, -0.25) is 0 Å². The zero-order valence-electron chi connectivity index (χ0n) is 5.76. The maximum absolute atomic E-state index is 9.08. The average molecular weight is 138 g/mol. The second kappa shape index (κ2) is 2.10. The van der Waals surface area contributed by atoms with Crippen LogP contribution in [0.3, 0.4) is 0 Å². The summed E-state index contributed by atoms with van der Waals surface area (Å²) in [7, 11) is 0. The van der Waals surface area contributed by atoms with E-state index >= 15 is 0 Å². The minimum atomic E-state index is -0.0226. The number of rotatable bonds is 0. The fourth-order valence-electron chi connectivity index (χ4n) is 0.836.